The molecular weight excluding hydrogens is 617 g/mol. The van der Waals surface area contributed by atoms with E-state index < -0.39 is 0 Å². The molecule has 0 fully saturated rings. The monoisotopic (exact) mass is 648 g/mol. The van der Waals surface area contributed by atoms with Crippen LogP contribution in [-0.4, -0.2) is 9.13 Å². The summed E-state index contributed by atoms with van der Waals surface area (Å²) in [5.41, 5.74) is 17.8. The van der Waals surface area contributed by atoms with Gasteiger partial charge in [0.2, 0.25) is 0 Å². The van der Waals surface area contributed by atoms with E-state index in [9.17, 15) is 0 Å². The third-order valence-electron chi connectivity index (χ3n) is 10.9. The summed E-state index contributed by atoms with van der Waals surface area (Å²) in [6.07, 6.45) is 0.942. The smallest absolute Gasteiger partial charge is 0.0541 e. The average Bonchev–Trinajstić information content (AvgIpc) is 3.85. The molecule has 0 saturated carbocycles. The minimum atomic E-state index is 0.942. The van der Waals surface area contributed by atoms with Crippen molar-refractivity contribution in [3.8, 4) is 44.8 Å². The number of nitrogens with zero attached hydrogens (tertiary/aromatic N) is 2. The second kappa shape index (κ2) is 10.9. The number of fused-ring (bicyclic) bond motifs is 9. The van der Waals surface area contributed by atoms with Crippen LogP contribution in [0, 0.1) is 0 Å². The van der Waals surface area contributed by atoms with Gasteiger partial charge in [-0.3, -0.25) is 0 Å². The first-order valence-electron chi connectivity index (χ1n) is 17.7. The molecule has 0 N–H and O–H groups in total. The minimum Gasteiger partial charge on any atom is -0.309 e. The quantitative estimate of drug-likeness (QED) is 0.180. The summed E-state index contributed by atoms with van der Waals surface area (Å²) in [4.78, 5) is 0. The Balaban J connectivity index is 0.959. The van der Waals surface area contributed by atoms with Crippen molar-refractivity contribution in [3.63, 3.8) is 0 Å². The summed E-state index contributed by atoms with van der Waals surface area (Å²) in [5, 5.41) is 5.12. The van der Waals surface area contributed by atoms with Gasteiger partial charge in [0.25, 0.3) is 0 Å². The molecular formula is C49H32N2. The predicted molar refractivity (Wildman–Crippen MR) is 214 cm³/mol. The molecule has 2 aromatic heterocycles. The van der Waals surface area contributed by atoms with Crippen LogP contribution in [0.3, 0.4) is 0 Å². The molecule has 11 rings (SSSR count). The number of aromatic nitrogens is 2. The van der Waals surface area contributed by atoms with Crippen molar-refractivity contribution in [3.05, 3.63) is 193 Å². The van der Waals surface area contributed by atoms with Gasteiger partial charge in [0.1, 0.15) is 0 Å². The van der Waals surface area contributed by atoms with Crippen LogP contribution in [0.2, 0.25) is 0 Å². The Morgan fingerprint density at radius 1 is 0.294 bits per heavy atom. The van der Waals surface area contributed by atoms with Crippen molar-refractivity contribution in [1.29, 1.82) is 0 Å². The molecule has 0 amide bonds. The van der Waals surface area contributed by atoms with Crippen LogP contribution in [0.25, 0.3) is 88.4 Å². The predicted octanol–water partition coefficient (Wildman–Crippen LogP) is 12.8. The summed E-state index contributed by atoms with van der Waals surface area (Å²) < 4.78 is 4.76. The number of para-hydroxylation sites is 4. The van der Waals surface area contributed by atoms with Gasteiger partial charge < -0.3 is 9.13 Å². The van der Waals surface area contributed by atoms with Crippen molar-refractivity contribution in [2.75, 3.05) is 0 Å². The van der Waals surface area contributed by atoms with E-state index in [1.54, 1.807) is 0 Å². The second-order valence-corrected chi connectivity index (χ2v) is 13.8. The molecule has 10 aromatic rings. The first-order valence-corrected chi connectivity index (χ1v) is 17.7. The van der Waals surface area contributed by atoms with Crippen molar-refractivity contribution < 1.29 is 0 Å². The SMILES string of the molecule is c1ccc(-n2c3ccccc3c3cc(-c4ccc5c(c4)Cc4cc(-c6ccc7c(c6)c6ccccc6n7-c6ccccc6)ccc4-5)ccc32)cc1. The Hall–Kier alpha value is -6.64. The molecule has 0 spiro atoms. The molecule has 238 valence electrons. The summed E-state index contributed by atoms with van der Waals surface area (Å²) in [6, 6.07) is 66.9. The van der Waals surface area contributed by atoms with E-state index in [1.807, 2.05) is 0 Å². The number of rotatable bonds is 4. The lowest BCUT2D eigenvalue weighted by Gasteiger charge is -2.09. The van der Waals surface area contributed by atoms with Crippen molar-refractivity contribution in [2.24, 2.45) is 0 Å². The van der Waals surface area contributed by atoms with Gasteiger partial charge in [0.05, 0.1) is 22.1 Å². The summed E-state index contributed by atoms with van der Waals surface area (Å²) in [7, 11) is 0. The maximum absolute atomic E-state index is 2.41. The number of hydrogen-bond donors (Lipinski definition) is 0. The molecule has 0 unspecified atom stereocenters. The van der Waals surface area contributed by atoms with E-state index in [-0.39, 0.29) is 0 Å². The maximum Gasteiger partial charge on any atom is 0.0541 e. The zero-order valence-corrected chi connectivity index (χ0v) is 27.9. The Morgan fingerprint density at radius 3 is 1.14 bits per heavy atom. The Labute approximate surface area is 296 Å². The average molecular weight is 649 g/mol. The topological polar surface area (TPSA) is 9.86 Å². The van der Waals surface area contributed by atoms with Gasteiger partial charge >= 0.3 is 0 Å². The normalized spacial score (nSPS) is 12.2. The number of benzene rings is 8. The highest BCUT2D eigenvalue weighted by atomic mass is 15.0. The van der Waals surface area contributed by atoms with E-state index in [2.05, 4.69) is 191 Å². The molecule has 0 radical (unpaired) electrons. The summed E-state index contributed by atoms with van der Waals surface area (Å²) in [5.74, 6) is 0. The lowest BCUT2D eigenvalue weighted by atomic mass is 9.97. The lowest BCUT2D eigenvalue weighted by molar-refractivity contribution is 1.18. The van der Waals surface area contributed by atoms with Crippen LogP contribution in [0.1, 0.15) is 11.1 Å². The highest BCUT2D eigenvalue weighted by Crippen LogP contribution is 2.42. The van der Waals surface area contributed by atoms with Crippen molar-refractivity contribution >= 4 is 43.6 Å². The summed E-state index contributed by atoms with van der Waals surface area (Å²) >= 11 is 0. The molecule has 2 heteroatoms. The lowest BCUT2D eigenvalue weighted by Crippen LogP contribution is -1.92. The molecule has 2 nitrogen and oxygen atoms in total. The first-order chi connectivity index (χ1) is 25.3. The molecule has 0 atom stereocenters. The van der Waals surface area contributed by atoms with Crippen LogP contribution >= 0.6 is 0 Å². The van der Waals surface area contributed by atoms with Crippen molar-refractivity contribution in [1.82, 2.24) is 9.13 Å². The fraction of sp³-hybridized carbons (Fsp3) is 0.0204. The minimum absolute atomic E-state index is 0.942. The van der Waals surface area contributed by atoms with Crippen LogP contribution in [0.15, 0.2) is 182 Å². The molecule has 0 aliphatic heterocycles. The van der Waals surface area contributed by atoms with E-state index in [4.69, 9.17) is 0 Å². The fourth-order valence-corrected chi connectivity index (χ4v) is 8.59. The van der Waals surface area contributed by atoms with E-state index >= 15 is 0 Å². The fourth-order valence-electron chi connectivity index (χ4n) is 8.59. The molecule has 1 aliphatic carbocycles. The molecule has 1 aliphatic rings. The van der Waals surface area contributed by atoms with Crippen LogP contribution in [0.4, 0.5) is 0 Å². The zero-order valence-electron chi connectivity index (χ0n) is 27.9. The molecule has 8 aromatic carbocycles. The molecule has 0 bridgehead atoms. The third kappa shape index (κ3) is 4.30. The van der Waals surface area contributed by atoms with Crippen LogP contribution < -0.4 is 0 Å². The Morgan fingerprint density at radius 2 is 0.667 bits per heavy atom. The van der Waals surface area contributed by atoms with Gasteiger partial charge in [-0.1, -0.05) is 121 Å². The molecule has 0 saturated heterocycles. The van der Waals surface area contributed by atoms with Gasteiger partial charge in [-0.25, -0.2) is 0 Å². The standard InChI is InChI=1S/C49H32N2/c1-3-11-38(12-4-1)50-46-17-9-7-15-42(46)44-30-34(21-25-48(44)50)32-19-23-40-36(27-32)29-37-28-33(20-24-41(37)40)35-22-26-49-45(31-35)43-16-8-10-18-47(43)51(49)39-13-5-2-6-14-39/h1-28,30-31H,29H2. The van der Waals surface area contributed by atoms with E-state index in [1.165, 1.54) is 99.5 Å². The Bertz CT molecular complexity index is 2780. The van der Waals surface area contributed by atoms with Gasteiger partial charge in [0.15, 0.2) is 0 Å². The largest absolute Gasteiger partial charge is 0.309 e. The van der Waals surface area contributed by atoms with E-state index in [0.29, 0.717) is 0 Å². The Kier molecular flexibility index (Phi) is 6.05. The van der Waals surface area contributed by atoms with Crippen molar-refractivity contribution in [2.45, 2.75) is 6.42 Å². The molecule has 2 heterocycles. The van der Waals surface area contributed by atoms with Gasteiger partial charge in [-0.05, 0) is 112 Å². The second-order valence-electron chi connectivity index (χ2n) is 13.8. The van der Waals surface area contributed by atoms with Crippen LogP contribution in [-0.2, 0) is 6.42 Å². The zero-order chi connectivity index (χ0) is 33.5. The highest BCUT2D eigenvalue weighted by Gasteiger charge is 2.21. The summed E-state index contributed by atoms with van der Waals surface area (Å²) in [6.45, 7) is 0. The van der Waals surface area contributed by atoms with E-state index in [0.717, 1.165) is 6.42 Å². The van der Waals surface area contributed by atoms with Gasteiger partial charge in [-0.15, -0.1) is 0 Å². The maximum atomic E-state index is 2.41. The van der Waals surface area contributed by atoms with Gasteiger partial charge in [0, 0.05) is 32.9 Å². The third-order valence-corrected chi connectivity index (χ3v) is 10.9. The first kappa shape index (κ1) is 28.2. The molecule has 51 heavy (non-hydrogen) atoms. The van der Waals surface area contributed by atoms with Gasteiger partial charge in [-0.2, -0.15) is 0 Å². The number of hydrogen-bond acceptors (Lipinski definition) is 0. The van der Waals surface area contributed by atoms with Crippen LogP contribution in [0.5, 0.6) is 0 Å². The highest BCUT2D eigenvalue weighted by molar-refractivity contribution is 6.11.